The molecule has 0 saturated carbocycles. The number of benzene rings is 2. The van der Waals surface area contributed by atoms with Crippen molar-refractivity contribution in [2.24, 2.45) is 0 Å². The molecule has 0 bridgehead atoms. The molecule has 0 aromatic heterocycles. The molecule has 0 aliphatic carbocycles. The molecule has 4 nitrogen and oxygen atoms in total. The highest BCUT2D eigenvalue weighted by molar-refractivity contribution is 5.92. The number of hydrogen-bond acceptors (Lipinski definition) is 2. The van der Waals surface area contributed by atoms with Gasteiger partial charge in [-0.2, -0.15) is 0 Å². The average molecular weight is 330 g/mol. The number of rotatable bonds is 5. The standard InChI is InChI=1S/C18H16F2N2O2/c1-12(23)22-16-6-2-13(3-7-16)4-9-18(24)21-11-14-10-15(19)5-8-17(14)20/h2-10H,11H2,1H3,(H,21,24)(H,22,23). The molecule has 0 aliphatic heterocycles. The van der Waals surface area contributed by atoms with Crippen molar-refractivity contribution >= 4 is 23.6 Å². The molecule has 2 aromatic rings. The summed E-state index contributed by atoms with van der Waals surface area (Å²) in [7, 11) is 0. The van der Waals surface area contributed by atoms with Crippen molar-refractivity contribution in [2.75, 3.05) is 5.32 Å². The zero-order chi connectivity index (χ0) is 17.5. The second-order valence-electron chi connectivity index (χ2n) is 5.09. The van der Waals surface area contributed by atoms with E-state index in [0.29, 0.717) is 5.69 Å². The number of amides is 2. The zero-order valence-corrected chi connectivity index (χ0v) is 13.0. The Bertz CT molecular complexity index is 771. The lowest BCUT2D eigenvalue weighted by Crippen LogP contribution is -2.21. The molecule has 0 spiro atoms. The molecule has 24 heavy (non-hydrogen) atoms. The van der Waals surface area contributed by atoms with Crippen LogP contribution in [0, 0.1) is 11.6 Å². The van der Waals surface area contributed by atoms with Gasteiger partial charge in [-0.15, -0.1) is 0 Å². The molecule has 0 saturated heterocycles. The van der Waals surface area contributed by atoms with Crippen LogP contribution in [-0.4, -0.2) is 11.8 Å². The van der Waals surface area contributed by atoms with Crippen molar-refractivity contribution < 1.29 is 18.4 Å². The van der Waals surface area contributed by atoms with Crippen LogP contribution in [0.15, 0.2) is 48.5 Å². The van der Waals surface area contributed by atoms with E-state index in [-0.39, 0.29) is 18.0 Å². The van der Waals surface area contributed by atoms with Crippen LogP contribution in [0.1, 0.15) is 18.1 Å². The fourth-order valence-corrected chi connectivity index (χ4v) is 1.97. The molecule has 0 heterocycles. The molecule has 6 heteroatoms. The molecule has 2 N–H and O–H groups in total. The molecular formula is C18H16F2N2O2. The Balaban J connectivity index is 1.90. The fourth-order valence-electron chi connectivity index (χ4n) is 1.97. The fraction of sp³-hybridized carbons (Fsp3) is 0.111. The van der Waals surface area contributed by atoms with Gasteiger partial charge in [0.15, 0.2) is 0 Å². The van der Waals surface area contributed by atoms with Crippen molar-refractivity contribution in [2.45, 2.75) is 13.5 Å². The highest BCUT2D eigenvalue weighted by Gasteiger charge is 2.04. The predicted octanol–water partition coefficient (Wildman–Crippen LogP) is 3.25. The number of nitrogens with one attached hydrogen (secondary N) is 2. The Morgan fingerprint density at radius 2 is 1.79 bits per heavy atom. The maximum Gasteiger partial charge on any atom is 0.244 e. The highest BCUT2D eigenvalue weighted by atomic mass is 19.1. The van der Waals surface area contributed by atoms with Gasteiger partial charge in [-0.3, -0.25) is 9.59 Å². The Hall–Kier alpha value is -3.02. The van der Waals surface area contributed by atoms with E-state index in [1.807, 2.05) is 0 Å². The van der Waals surface area contributed by atoms with Gasteiger partial charge in [0.05, 0.1) is 0 Å². The smallest absolute Gasteiger partial charge is 0.244 e. The summed E-state index contributed by atoms with van der Waals surface area (Å²) in [6.07, 6.45) is 2.87. The lowest BCUT2D eigenvalue weighted by molar-refractivity contribution is -0.116. The Morgan fingerprint density at radius 3 is 2.46 bits per heavy atom. The van der Waals surface area contributed by atoms with Gasteiger partial charge < -0.3 is 10.6 Å². The summed E-state index contributed by atoms with van der Waals surface area (Å²) in [6, 6.07) is 9.97. The van der Waals surface area contributed by atoms with Gasteiger partial charge in [-0.25, -0.2) is 8.78 Å². The molecule has 0 atom stereocenters. The third kappa shape index (κ3) is 5.31. The van der Waals surface area contributed by atoms with E-state index in [0.717, 1.165) is 23.8 Å². The topological polar surface area (TPSA) is 58.2 Å². The van der Waals surface area contributed by atoms with Crippen molar-refractivity contribution in [3.8, 4) is 0 Å². The molecule has 2 rings (SSSR count). The van der Waals surface area contributed by atoms with Gasteiger partial charge in [0.25, 0.3) is 0 Å². The minimum Gasteiger partial charge on any atom is -0.348 e. The van der Waals surface area contributed by atoms with Crippen LogP contribution >= 0.6 is 0 Å². The number of anilines is 1. The normalized spacial score (nSPS) is 10.6. The van der Waals surface area contributed by atoms with Crippen molar-refractivity contribution in [1.82, 2.24) is 5.32 Å². The number of halogens is 2. The predicted molar refractivity (Wildman–Crippen MR) is 88.0 cm³/mol. The summed E-state index contributed by atoms with van der Waals surface area (Å²) in [5.41, 5.74) is 1.50. The first kappa shape index (κ1) is 17.3. The Kier molecular flexibility index (Phi) is 5.78. The first-order valence-corrected chi connectivity index (χ1v) is 7.21. The molecule has 0 radical (unpaired) electrons. The summed E-state index contributed by atoms with van der Waals surface area (Å²) >= 11 is 0. The first-order chi connectivity index (χ1) is 11.4. The summed E-state index contributed by atoms with van der Waals surface area (Å²) < 4.78 is 26.5. The van der Waals surface area contributed by atoms with Gasteiger partial charge in [0.1, 0.15) is 11.6 Å². The number of hydrogen-bond donors (Lipinski definition) is 2. The first-order valence-electron chi connectivity index (χ1n) is 7.21. The summed E-state index contributed by atoms with van der Waals surface area (Å²) in [5, 5.41) is 5.12. The van der Waals surface area contributed by atoms with Crippen LogP contribution in [0.5, 0.6) is 0 Å². The molecule has 2 aromatic carbocycles. The second kappa shape index (κ2) is 8.01. The van der Waals surface area contributed by atoms with Crippen LogP contribution in [0.25, 0.3) is 6.08 Å². The third-order valence-corrected chi connectivity index (χ3v) is 3.12. The van der Waals surface area contributed by atoms with Crippen LogP contribution < -0.4 is 10.6 Å². The summed E-state index contributed by atoms with van der Waals surface area (Å²) in [5.74, 6) is -1.73. The average Bonchev–Trinajstić information content (AvgIpc) is 2.54. The monoisotopic (exact) mass is 330 g/mol. The van der Waals surface area contributed by atoms with E-state index in [4.69, 9.17) is 0 Å². The van der Waals surface area contributed by atoms with Crippen LogP contribution in [0.4, 0.5) is 14.5 Å². The van der Waals surface area contributed by atoms with Gasteiger partial charge in [-0.1, -0.05) is 12.1 Å². The largest absolute Gasteiger partial charge is 0.348 e. The van der Waals surface area contributed by atoms with E-state index in [2.05, 4.69) is 10.6 Å². The van der Waals surface area contributed by atoms with Crippen molar-refractivity contribution in [3.05, 3.63) is 71.3 Å². The zero-order valence-electron chi connectivity index (χ0n) is 13.0. The van der Waals surface area contributed by atoms with Gasteiger partial charge in [0, 0.05) is 30.8 Å². The quantitative estimate of drug-likeness (QED) is 0.827. The van der Waals surface area contributed by atoms with Crippen LogP contribution in [-0.2, 0) is 16.1 Å². The molecule has 2 amide bonds. The molecule has 0 unspecified atom stereocenters. The summed E-state index contributed by atoms with van der Waals surface area (Å²) in [4.78, 5) is 22.6. The van der Waals surface area contributed by atoms with Crippen LogP contribution in [0.3, 0.4) is 0 Å². The lowest BCUT2D eigenvalue weighted by Gasteiger charge is -2.04. The molecule has 0 fully saturated rings. The molecular weight excluding hydrogens is 314 g/mol. The Labute approximate surface area is 138 Å². The SMILES string of the molecule is CC(=O)Nc1ccc(C=CC(=O)NCc2cc(F)ccc2F)cc1. The third-order valence-electron chi connectivity index (χ3n) is 3.12. The van der Waals surface area contributed by atoms with Crippen molar-refractivity contribution in [1.29, 1.82) is 0 Å². The van der Waals surface area contributed by atoms with Gasteiger partial charge in [-0.05, 0) is 42.0 Å². The molecule has 124 valence electrons. The van der Waals surface area contributed by atoms with E-state index < -0.39 is 17.5 Å². The second-order valence-corrected chi connectivity index (χ2v) is 5.09. The van der Waals surface area contributed by atoms with Gasteiger partial charge in [0.2, 0.25) is 11.8 Å². The number of carbonyl (C=O) groups excluding carboxylic acids is 2. The minimum absolute atomic E-state index is 0.0800. The van der Waals surface area contributed by atoms with Crippen molar-refractivity contribution in [3.63, 3.8) is 0 Å². The van der Waals surface area contributed by atoms with Gasteiger partial charge >= 0.3 is 0 Å². The minimum atomic E-state index is -0.575. The highest BCUT2D eigenvalue weighted by Crippen LogP contribution is 2.11. The molecule has 0 aliphatic rings. The maximum atomic E-state index is 13.4. The summed E-state index contributed by atoms with van der Waals surface area (Å²) in [6.45, 7) is 1.31. The van der Waals surface area contributed by atoms with E-state index in [1.54, 1.807) is 30.3 Å². The van der Waals surface area contributed by atoms with E-state index >= 15 is 0 Å². The van der Waals surface area contributed by atoms with Crippen LogP contribution in [0.2, 0.25) is 0 Å². The lowest BCUT2D eigenvalue weighted by atomic mass is 10.2. The van der Waals surface area contributed by atoms with E-state index in [9.17, 15) is 18.4 Å². The van der Waals surface area contributed by atoms with E-state index in [1.165, 1.54) is 13.0 Å². The number of carbonyl (C=O) groups is 2. The Morgan fingerprint density at radius 1 is 1.08 bits per heavy atom. The maximum absolute atomic E-state index is 13.4.